The van der Waals surface area contributed by atoms with Gasteiger partial charge in [-0.2, -0.15) is 0 Å². The molecule has 2 aliphatic heterocycles. The first-order chi connectivity index (χ1) is 16.0. The number of Topliss-reactive ketones (excluding diaryl/α,β-unsaturated/α-hetero) is 1. The molecular weight excluding hydrogens is 420 g/mol. The summed E-state index contributed by atoms with van der Waals surface area (Å²) in [4.78, 5) is 40.8. The molecule has 2 heterocycles. The maximum absolute atomic E-state index is 13.6. The number of hydrogen-bond donors (Lipinski definition) is 2. The van der Waals surface area contributed by atoms with Crippen molar-refractivity contribution in [2.24, 2.45) is 0 Å². The number of nitrogens with one attached hydrogen (secondary N) is 1. The lowest BCUT2D eigenvalue weighted by Gasteiger charge is -2.28. The zero-order valence-corrected chi connectivity index (χ0v) is 17.9. The van der Waals surface area contributed by atoms with E-state index in [0.717, 1.165) is 16.3 Å². The van der Waals surface area contributed by atoms with Gasteiger partial charge in [-0.1, -0.05) is 48.5 Å². The molecule has 2 amide bonds. The first-order valence-corrected chi connectivity index (χ1v) is 11.0. The molecule has 0 saturated carbocycles. The van der Waals surface area contributed by atoms with Crippen LogP contribution in [0.15, 0.2) is 66.7 Å². The van der Waals surface area contributed by atoms with Gasteiger partial charge in [0.25, 0.3) is 5.91 Å². The number of nitrogens with zero attached hydrogens (tertiary/aromatic N) is 1. The summed E-state index contributed by atoms with van der Waals surface area (Å²) in [5.74, 6) is -0.635. The average Bonchev–Trinajstić information content (AvgIpc) is 3.42. The summed E-state index contributed by atoms with van der Waals surface area (Å²) in [6, 6.07) is 18.1. The Balaban J connectivity index is 1.44. The van der Waals surface area contributed by atoms with Gasteiger partial charge in [0.1, 0.15) is 24.4 Å². The van der Waals surface area contributed by atoms with E-state index in [1.165, 1.54) is 0 Å². The number of rotatable bonds is 5. The van der Waals surface area contributed by atoms with E-state index in [4.69, 9.17) is 4.74 Å². The normalized spacial score (nSPS) is 20.6. The summed E-state index contributed by atoms with van der Waals surface area (Å²) in [7, 11) is 0. The summed E-state index contributed by atoms with van der Waals surface area (Å²) < 4.78 is 5.52. The summed E-state index contributed by atoms with van der Waals surface area (Å²) in [6.07, 6.45) is 0.564. The first kappa shape index (κ1) is 21.2. The summed E-state index contributed by atoms with van der Waals surface area (Å²) in [6.45, 7) is 0.431. The van der Waals surface area contributed by atoms with Crippen molar-refractivity contribution in [2.45, 2.75) is 31.0 Å². The molecule has 0 aliphatic carbocycles. The van der Waals surface area contributed by atoms with E-state index in [1.807, 2.05) is 36.4 Å². The molecule has 3 aromatic rings. The number of fused-ring (bicyclic) bond motifs is 2. The second-order valence-electron chi connectivity index (χ2n) is 8.50. The molecule has 5 rings (SSSR count). The van der Waals surface area contributed by atoms with Gasteiger partial charge in [0.2, 0.25) is 5.91 Å². The van der Waals surface area contributed by atoms with Crippen LogP contribution in [0.3, 0.4) is 0 Å². The minimum absolute atomic E-state index is 0.0180. The summed E-state index contributed by atoms with van der Waals surface area (Å²) in [5, 5.41) is 14.3. The Kier molecular flexibility index (Phi) is 5.56. The van der Waals surface area contributed by atoms with Gasteiger partial charge in [-0.05, 0) is 41.0 Å². The van der Waals surface area contributed by atoms with Crippen molar-refractivity contribution in [3.63, 3.8) is 0 Å². The Bertz CT molecular complexity index is 1220. The Labute approximate surface area is 191 Å². The van der Waals surface area contributed by atoms with E-state index in [-0.39, 0.29) is 42.5 Å². The molecule has 7 nitrogen and oxygen atoms in total. The van der Waals surface area contributed by atoms with Gasteiger partial charge in [-0.25, -0.2) is 0 Å². The Morgan fingerprint density at radius 1 is 1.06 bits per heavy atom. The van der Waals surface area contributed by atoms with Gasteiger partial charge in [-0.3, -0.25) is 14.4 Å². The van der Waals surface area contributed by atoms with E-state index >= 15 is 0 Å². The highest BCUT2D eigenvalue weighted by Crippen LogP contribution is 2.28. The number of likely N-dealkylation sites (tertiary alicyclic amines) is 1. The second-order valence-corrected chi connectivity index (χ2v) is 8.50. The van der Waals surface area contributed by atoms with Crippen molar-refractivity contribution in [3.05, 3.63) is 77.9 Å². The molecule has 0 aromatic heterocycles. The summed E-state index contributed by atoms with van der Waals surface area (Å²) in [5.41, 5.74) is 1.27. The van der Waals surface area contributed by atoms with E-state index in [2.05, 4.69) is 5.32 Å². The Morgan fingerprint density at radius 2 is 1.82 bits per heavy atom. The molecule has 2 N–H and O–H groups in total. The van der Waals surface area contributed by atoms with Crippen molar-refractivity contribution in [1.82, 2.24) is 10.2 Å². The van der Waals surface area contributed by atoms with Gasteiger partial charge in [-0.15, -0.1) is 0 Å². The molecule has 3 atom stereocenters. The molecule has 0 bridgehead atoms. The van der Waals surface area contributed by atoms with Gasteiger partial charge >= 0.3 is 0 Å². The molecule has 3 aromatic carbocycles. The Morgan fingerprint density at radius 3 is 2.64 bits per heavy atom. The quantitative estimate of drug-likeness (QED) is 0.630. The topological polar surface area (TPSA) is 95.9 Å². The predicted octanol–water partition coefficient (Wildman–Crippen LogP) is 2.46. The van der Waals surface area contributed by atoms with Gasteiger partial charge in [0.15, 0.2) is 5.78 Å². The number of amides is 2. The van der Waals surface area contributed by atoms with E-state index < -0.39 is 12.1 Å². The fraction of sp³-hybridized carbons (Fsp3) is 0.269. The van der Waals surface area contributed by atoms with Crippen LogP contribution < -0.4 is 5.32 Å². The fourth-order valence-electron chi connectivity index (χ4n) is 4.77. The number of carbonyl (C=O) groups excluding carboxylic acids is 3. The van der Waals surface area contributed by atoms with E-state index in [0.29, 0.717) is 18.5 Å². The number of ketones is 1. The highest BCUT2D eigenvalue weighted by Gasteiger charge is 2.48. The molecule has 2 aliphatic rings. The molecule has 33 heavy (non-hydrogen) atoms. The Hall–Kier alpha value is -3.71. The monoisotopic (exact) mass is 444 g/mol. The van der Waals surface area contributed by atoms with Crippen molar-refractivity contribution < 1.29 is 24.2 Å². The largest absolute Gasteiger partial charge is 0.508 e. The van der Waals surface area contributed by atoms with Crippen LogP contribution in [0.25, 0.3) is 10.8 Å². The number of benzene rings is 3. The minimum atomic E-state index is -0.867. The zero-order chi connectivity index (χ0) is 22.9. The standard InChI is InChI=1S/C26H24N2O5/c29-18-10-8-16(9-11-18)14-21(26(32)28-13-12-23-24(28)22(30)15-33-23)27-25(31)20-7-3-5-17-4-1-2-6-19(17)20/h1-11,21,23-24,29H,12-15H2,(H,27,31)/t21?,23-,24-/m1/s1. The highest BCUT2D eigenvalue weighted by atomic mass is 16.5. The van der Waals surface area contributed by atoms with Crippen LogP contribution in [0.1, 0.15) is 22.3 Å². The van der Waals surface area contributed by atoms with Crippen LogP contribution in [0, 0.1) is 0 Å². The summed E-state index contributed by atoms with van der Waals surface area (Å²) >= 11 is 0. The number of ether oxygens (including phenoxy) is 1. The van der Waals surface area contributed by atoms with Crippen molar-refractivity contribution in [1.29, 1.82) is 0 Å². The van der Waals surface area contributed by atoms with Crippen LogP contribution in [0.4, 0.5) is 0 Å². The first-order valence-electron chi connectivity index (χ1n) is 11.0. The molecule has 1 unspecified atom stereocenters. The number of phenolic OH excluding ortho intramolecular Hbond substituents is 1. The smallest absolute Gasteiger partial charge is 0.252 e. The molecule has 2 fully saturated rings. The van der Waals surface area contributed by atoms with Crippen LogP contribution in [0.2, 0.25) is 0 Å². The zero-order valence-electron chi connectivity index (χ0n) is 17.9. The average molecular weight is 444 g/mol. The molecular formula is C26H24N2O5. The second kappa shape index (κ2) is 8.67. The maximum Gasteiger partial charge on any atom is 0.252 e. The molecule has 2 saturated heterocycles. The van der Waals surface area contributed by atoms with Crippen LogP contribution in [-0.2, 0) is 20.7 Å². The third-order valence-corrected chi connectivity index (χ3v) is 6.41. The highest BCUT2D eigenvalue weighted by molar-refractivity contribution is 6.08. The van der Waals surface area contributed by atoms with Gasteiger partial charge in [0, 0.05) is 18.5 Å². The maximum atomic E-state index is 13.6. The molecule has 7 heteroatoms. The van der Waals surface area contributed by atoms with Gasteiger partial charge in [0.05, 0.1) is 6.10 Å². The van der Waals surface area contributed by atoms with E-state index in [1.54, 1.807) is 35.2 Å². The van der Waals surface area contributed by atoms with Crippen LogP contribution in [-0.4, -0.2) is 58.9 Å². The molecule has 168 valence electrons. The van der Waals surface area contributed by atoms with Crippen molar-refractivity contribution in [2.75, 3.05) is 13.2 Å². The van der Waals surface area contributed by atoms with Crippen LogP contribution in [0.5, 0.6) is 5.75 Å². The number of phenols is 1. The number of aromatic hydroxyl groups is 1. The predicted molar refractivity (Wildman–Crippen MR) is 122 cm³/mol. The lowest BCUT2D eigenvalue weighted by Crippen LogP contribution is -2.53. The van der Waals surface area contributed by atoms with E-state index in [9.17, 15) is 19.5 Å². The number of hydrogen-bond acceptors (Lipinski definition) is 5. The van der Waals surface area contributed by atoms with Crippen LogP contribution >= 0.6 is 0 Å². The third kappa shape index (κ3) is 4.07. The lowest BCUT2D eigenvalue weighted by atomic mass is 10.0. The third-order valence-electron chi connectivity index (χ3n) is 6.41. The lowest BCUT2D eigenvalue weighted by molar-refractivity contribution is -0.138. The van der Waals surface area contributed by atoms with Gasteiger partial charge < -0.3 is 20.1 Å². The van der Waals surface area contributed by atoms with Crippen molar-refractivity contribution in [3.8, 4) is 5.75 Å². The van der Waals surface area contributed by atoms with Crippen molar-refractivity contribution >= 4 is 28.4 Å². The number of carbonyl (C=O) groups is 3. The SMILES string of the molecule is O=C(NC(Cc1ccc(O)cc1)C(=O)N1CC[C@H]2OCC(=O)[C@H]21)c1cccc2ccccc12. The fourth-order valence-corrected chi connectivity index (χ4v) is 4.77. The molecule has 0 radical (unpaired) electrons. The molecule has 0 spiro atoms. The minimum Gasteiger partial charge on any atom is -0.508 e.